The second-order valence-corrected chi connectivity index (χ2v) is 6.57. The highest BCUT2D eigenvalue weighted by molar-refractivity contribution is 7.52. The molecule has 0 fully saturated rings. The second kappa shape index (κ2) is 7.38. The Kier molecular flexibility index (Phi) is 5.53. The minimum Gasteiger partial charge on any atom is -0.489 e. The molecule has 0 amide bonds. The van der Waals surface area contributed by atoms with E-state index in [1.807, 2.05) is 54.6 Å². The molecule has 0 heterocycles. The van der Waals surface area contributed by atoms with Crippen molar-refractivity contribution in [1.82, 2.24) is 0 Å². The van der Waals surface area contributed by atoms with Crippen molar-refractivity contribution in [3.05, 3.63) is 65.7 Å². The van der Waals surface area contributed by atoms with Crippen LogP contribution >= 0.6 is 7.60 Å². The van der Waals surface area contributed by atoms with Crippen LogP contribution in [-0.4, -0.2) is 11.1 Å². The monoisotopic (exact) mass is 307 g/mol. The summed E-state index contributed by atoms with van der Waals surface area (Å²) in [6, 6.07) is 17.3. The highest BCUT2D eigenvalue weighted by atomic mass is 31.2. The molecule has 6 heteroatoms. The van der Waals surface area contributed by atoms with E-state index in [0.717, 1.165) is 16.9 Å². The van der Waals surface area contributed by atoms with Gasteiger partial charge in [0.05, 0.1) is 6.16 Å². The van der Waals surface area contributed by atoms with Gasteiger partial charge in [0, 0.05) is 0 Å². The van der Waals surface area contributed by atoms with Crippen molar-refractivity contribution in [2.75, 3.05) is 6.16 Å². The molecule has 0 radical (unpaired) electrons. The molecule has 2 aromatic rings. The maximum Gasteiger partial charge on any atom is 0.344 e. The van der Waals surface area contributed by atoms with Crippen LogP contribution in [-0.2, 0) is 22.2 Å². The molecule has 112 valence electrons. The van der Waals surface area contributed by atoms with Gasteiger partial charge in [-0.25, -0.2) is 10.5 Å². The van der Waals surface area contributed by atoms with Crippen molar-refractivity contribution in [3.63, 3.8) is 0 Å². The van der Waals surface area contributed by atoms with E-state index in [-0.39, 0.29) is 6.16 Å². The molecule has 2 rings (SSSR count). The van der Waals surface area contributed by atoms with Crippen LogP contribution in [0.25, 0.3) is 0 Å². The molecule has 0 aromatic heterocycles. The first kappa shape index (κ1) is 15.7. The standard InChI is InChI=1S/C15H18NO4P/c16-20-21(17,18)11-10-13-6-8-15(9-7-13)19-12-14-4-2-1-3-5-14/h1-9H,10-12,16H2,(H,17,18). The highest BCUT2D eigenvalue weighted by Crippen LogP contribution is 2.39. The number of hydrogen-bond acceptors (Lipinski definition) is 4. The van der Waals surface area contributed by atoms with Gasteiger partial charge in [-0.05, 0) is 29.7 Å². The average molecular weight is 307 g/mol. The summed E-state index contributed by atoms with van der Waals surface area (Å²) < 4.78 is 21.0. The number of aryl methyl sites for hydroxylation is 1. The summed E-state index contributed by atoms with van der Waals surface area (Å²) in [4.78, 5) is 9.23. The maximum absolute atomic E-state index is 11.3. The first-order chi connectivity index (χ1) is 10.1. The van der Waals surface area contributed by atoms with Crippen LogP contribution in [0.5, 0.6) is 5.75 Å². The van der Waals surface area contributed by atoms with Crippen molar-refractivity contribution in [3.8, 4) is 5.75 Å². The summed E-state index contributed by atoms with van der Waals surface area (Å²) >= 11 is 0. The molecule has 5 nitrogen and oxygen atoms in total. The van der Waals surface area contributed by atoms with Gasteiger partial charge in [-0.1, -0.05) is 42.5 Å². The summed E-state index contributed by atoms with van der Waals surface area (Å²) in [5.74, 6) is 5.51. The minimum atomic E-state index is -3.66. The maximum atomic E-state index is 11.3. The highest BCUT2D eigenvalue weighted by Gasteiger charge is 2.17. The molecular formula is C15H18NO4P. The third-order valence-electron chi connectivity index (χ3n) is 3.02. The van der Waals surface area contributed by atoms with E-state index in [2.05, 4.69) is 4.62 Å². The number of ether oxygens (including phenoxy) is 1. The number of rotatable bonds is 7. The topological polar surface area (TPSA) is 81.8 Å². The largest absolute Gasteiger partial charge is 0.489 e. The number of nitrogens with two attached hydrogens (primary N) is 1. The Labute approximate surface area is 123 Å². The van der Waals surface area contributed by atoms with Gasteiger partial charge in [-0.15, -0.1) is 0 Å². The Morgan fingerprint density at radius 2 is 1.67 bits per heavy atom. The number of hydrogen-bond donors (Lipinski definition) is 2. The van der Waals surface area contributed by atoms with Crippen LogP contribution in [0.15, 0.2) is 54.6 Å². The Morgan fingerprint density at radius 3 is 2.29 bits per heavy atom. The van der Waals surface area contributed by atoms with Gasteiger partial charge < -0.3 is 9.63 Å². The SMILES string of the molecule is NOP(=O)(O)CCc1ccc(OCc2ccccc2)cc1. The first-order valence-corrected chi connectivity index (χ1v) is 8.31. The predicted octanol–water partition coefficient (Wildman–Crippen LogP) is 2.88. The molecule has 0 aliphatic carbocycles. The summed E-state index contributed by atoms with van der Waals surface area (Å²) in [5.41, 5.74) is 2.02. The molecule has 0 aliphatic heterocycles. The van der Waals surface area contributed by atoms with Crippen LogP contribution < -0.4 is 10.6 Å². The van der Waals surface area contributed by atoms with E-state index < -0.39 is 7.60 Å². The Balaban J connectivity index is 1.86. The van der Waals surface area contributed by atoms with Crippen LogP contribution in [0.4, 0.5) is 0 Å². The van der Waals surface area contributed by atoms with Crippen molar-refractivity contribution < 1.29 is 18.8 Å². The van der Waals surface area contributed by atoms with E-state index in [4.69, 9.17) is 10.6 Å². The summed E-state index contributed by atoms with van der Waals surface area (Å²) in [7, 11) is -3.66. The number of benzene rings is 2. The van der Waals surface area contributed by atoms with Gasteiger partial charge in [0.25, 0.3) is 0 Å². The molecule has 3 N–H and O–H groups in total. The smallest absolute Gasteiger partial charge is 0.344 e. The second-order valence-electron chi connectivity index (χ2n) is 4.63. The van der Waals surface area contributed by atoms with E-state index in [1.54, 1.807) is 0 Å². The lowest BCUT2D eigenvalue weighted by atomic mass is 10.2. The molecule has 0 bridgehead atoms. The predicted molar refractivity (Wildman–Crippen MR) is 80.9 cm³/mol. The lowest BCUT2D eigenvalue weighted by Gasteiger charge is -2.09. The zero-order chi connectivity index (χ0) is 15.1. The fraction of sp³-hybridized carbons (Fsp3) is 0.200. The zero-order valence-corrected chi connectivity index (χ0v) is 12.4. The Hall–Kier alpha value is -1.65. The van der Waals surface area contributed by atoms with Crippen molar-refractivity contribution in [2.45, 2.75) is 13.0 Å². The molecule has 0 saturated heterocycles. The van der Waals surface area contributed by atoms with E-state index in [9.17, 15) is 9.46 Å². The van der Waals surface area contributed by atoms with Gasteiger partial charge in [0.1, 0.15) is 12.4 Å². The normalized spacial score (nSPS) is 13.6. The molecule has 1 atom stereocenters. The zero-order valence-electron chi connectivity index (χ0n) is 11.5. The molecule has 2 aromatic carbocycles. The lowest BCUT2D eigenvalue weighted by Crippen LogP contribution is -2.02. The van der Waals surface area contributed by atoms with Gasteiger partial charge in [0.2, 0.25) is 0 Å². The third kappa shape index (κ3) is 5.33. The first-order valence-electron chi connectivity index (χ1n) is 6.55. The fourth-order valence-electron chi connectivity index (χ4n) is 1.82. The molecule has 0 aliphatic rings. The van der Waals surface area contributed by atoms with Crippen molar-refractivity contribution >= 4 is 7.60 Å². The molecule has 21 heavy (non-hydrogen) atoms. The van der Waals surface area contributed by atoms with Gasteiger partial charge in [0.15, 0.2) is 0 Å². The van der Waals surface area contributed by atoms with Crippen molar-refractivity contribution in [2.24, 2.45) is 5.90 Å². The average Bonchev–Trinajstić information content (AvgIpc) is 2.53. The summed E-state index contributed by atoms with van der Waals surface area (Å²) in [6.07, 6.45) is 0.414. The van der Waals surface area contributed by atoms with E-state index in [1.165, 1.54) is 0 Å². The summed E-state index contributed by atoms with van der Waals surface area (Å²) in [6.45, 7) is 0.507. The molecule has 1 unspecified atom stereocenters. The van der Waals surface area contributed by atoms with Crippen LogP contribution in [0.3, 0.4) is 0 Å². The van der Waals surface area contributed by atoms with E-state index in [0.29, 0.717) is 13.0 Å². The van der Waals surface area contributed by atoms with Crippen LogP contribution in [0, 0.1) is 0 Å². The summed E-state index contributed by atoms with van der Waals surface area (Å²) in [5, 5.41) is 0. The van der Waals surface area contributed by atoms with Crippen LogP contribution in [0.1, 0.15) is 11.1 Å². The molecular weight excluding hydrogens is 289 g/mol. The van der Waals surface area contributed by atoms with Gasteiger partial charge in [-0.3, -0.25) is 4.57 Å². The molecule has 0 saturated carbocycles. The Bertz CT molecular complexity index is 601. The minimum absolute atomic E-state index is 0.00623. The third-order valence-corrected chi connectivity index (χ3v) is 4.14. The quantitative estimate of drug-likeness (QED) is 0.607. The lowest BCUT2D eigenvalue weighted by molar-refractivity contribution is 0.268. The van der Waals surface area contributed by atoms with E-state index >= 15 is 0 Å². The van der Waals surface area contributed by atoms with Gasteiger partial charge >= 0.3 is 7.60 Å². The van der Waals surface area contributed by atoms with Gasteiger partial charge in [-0.2, -0.15) is 0 Å². The Morgan fingerprint density at radius 1 is 1.00 bits per heavy atom. The molecule has 0 spiro atoms. The van der Waals surface area contributed by atoms with Crippen LogP contribution in [0.2, 0.25) is 0 Å². The van der Waals surface area contributed by atoms with Crippen molar-refractivity contribution in [1.29, 1.82) is 0 Å². The fourth-order valence-corrected chi connectivity index (χ4v) is 2.46.